The van der Waals surface area contributed by atoms with Crippen molar-refractivity contribution in [3.8, 4) is 0 Å². The summed E-state index contributed by atoms with van der Waals surface area (Å²) in [5, 5.41) is 18.2. The van der Waals surface area contributed by atoms with E-state index in [9.17, 15) is 5.11 Å². The third-order valence-electron chi connectivity index (χ3n) is 3.21. The molecule has 0 saturated carbocycles. The van der Waals surface area contributed by atoms with Crippen LogP contribution in [0.25, 0.3) is 0 Å². The van der Waals surface area contributed by atoms with Gasteiger partial charge in [-0.2, -0.15) is 0 Å². The predicted octanol–water partition coefficient (Wildman–Crippen LogP) is 2.75. The Morgan fingerprint density at radius 3 is 2.11 bits per heavy atom. The first-order valence-electron chi connectivity index (χ1n) is 7.43. The van der Waals surface area contributed by atoms with E-state index in [2.05, 4.69) is 6.92 Å². The van der Waals surface area contributed by atoms with Crippen LogP contribution < -0.4 is 5.73 Å². The standard InChI is InChI=1S/C15H31NO2/c1-2-3-4-5-6-7-8-9-10-11-12-15(18)14(16)13-17/h11-12,14-15,17-18H,2-10,13,16H2,1H3/t14-,15+/m0/s1. The van der Waals surface area contributed by atoms with Crippen molar-refractivity contribution in [2.24, 2.45) is 5.73 Å². The fraction of sp³-hybridized carbons (Fsp3) is 0.867. The molecule has 2 atom stereocenters. The van der Waals surface area contributed by atoms with Crippen molar-refractivity contribution < 1.29 is 10.2 Å². The lowest BCUT2D eigenvalue weighted by Crippen LogP contribution is -2.36. The molecule has 0 bridgehead atoms. The molecule has 0 radical (unpaired) electrons. The molecule has 0 aromatic rings. The van der Waals surface area contributed by atoms with Gasteiger partial charge in [-0.15, -0.1) is 0 Å². The van der Waals surface area contributed by atoms with Gasteiger partial charge in [0.25, 0.3) is 0 Å². The highest BCUT2D eigenvalue weighted by molar-refractivity contribution is 4.93. The number of unbranched alkanes of at least 4 members (excludes halogenated alkanes) is 8. The summed E-state index contributed by atoms with van der Waals surface area (Å²) in [6.45, 7) is 2.06. The third-order valence-corrected chi connectivity index (χ3v) is 3.21. The highest BCUT2D eigenvalue weighted by atomic mass is 16.3. The molecule has 0 amide bonds. The second kappa shape index (κ2) is 13.1. The van der Waals surface area contributed by atoms with Gasteiger partial charge in [0.2, 0.25) is 0 Å². The van der Waals surface area contributed by atoms with Crippen LogP contribution in [0.4, 0.5) is 0 Å². The monoisotopic (exact) mass is 257 g/mol. The maximum Gasteiger partial charge on any atom is 0.0894 e. The van der Waals surface area contributed by atoms with Gasteiger partial charge in [0, 0.05) is 0 Å². The molecule has 0 heterocycles. The summed E-state index contributed by atoms with van der Waals surface area (Å²) in [6, 6.07) is -0.556. The minimum atomic E-state index is -0.718. The molecule has 3 nitrogen and oxygen atoms in total. The summed E-state index contributed by atoms with van der Waals surface area (Å²) in [7, 11) is 0. The van der Waals surface area contributed by atoms with E-state index in [1.807, 2.05) is 6.08 Å². The van der Waals surface area contributed by atoms with Gasteiger partial charge in [-0.3, -0.25) is 0 Å². The smallest absolute Gasteiger partial charge is 0.0894 e. The Kier molecular flexibility index (Phi) is 12.8. The molecule has 108 valence electrons. The van der Waals surface area contributed by atoms with Gasteiger partial charge in [0.1, 0.15) is 0 Å². The van der Waals surface area contributed by atoms with Crippen molar-refractivity contribution in [2.75, 3.05) is 6.61 Å². The lowest BCUT2D eigenvalue weighted by molar-refractivity contribution is 0.144. The van der Waals surface area contributed by atoms with Crippen molar-refractivity contribution in [1.29, 1.82) is 0 Å². The van der Waals surface area contributed by atoms with Crippen LogP contribution in [0.1, 0.15) is 64.7 Å². The number of allylic oxidation sites excluding steroid dienone is 1. The molecule has 0 spiro atoms. The Bertz CT molecular complexity index is 195. The van der Waals surface area contributed by atoms with E-state index in [-0.39, 0.29) is 6.61 Å². The molecular formula is C15H31NO2. The van der Waals surface area contributed by atoms with Crippen LogP contribution >= 0.6 is 0 Å². The van der Waals surface area contributed by atoms with Crippen LogP contribution in [0.15, 0.2) is 12.2 Å². The van der Waals surface area contributed by atoms with Gasteiger partial charge >= 0.3 is 0 Å². The van der Waals surface area contributed by atoms with E-state index >= 15 is 0 Å². The molecule has 4 N–H and O–H groups in total. The third kappa shape index (κ3) is 10.8. The van der Waals surface area contributed by atoms with Crippen molar-refractivity contribution in [2.45, 2.75) is 76.9 Å². The lowest BCUT2D eigenvalue weighted by Gasteiger charge is -2.11. The summed E-state index contributed by atoms with van der Waals surface area (Å²) in [5.41, 5.74) is 5.49. The van der Waals surface area contributed by atoms with Gasteiger partial charge in [0.05, 0.1) is 18.8 Å². The first kappa shape index (κ1) is 17.6. The Balaban J connectivity index is 3.27. The minimum Gasteiger partial charge on any atom is -0.395 e. The van der Waals surface area contributed by atoms with E-state index in [1.165, 1.54) is 51.4 Å². The first-order valence-corrected chi connectivity index (χ1v) is 7.43. The molecular weight excluding hydrogens is 226 g/mol. The predicted molar refractivity (Wildman–Crippen MR) is 77.4 cm³/mol. The van der Waals surface area contributed by atoms with Crippen molar-refractivity contribution >= 4 is 0 Å². The van der Waals surface area contributed by atoms with Crippen LogP contribution in [-0.2, 0) is 0 Å². The zero-order valence-corrected chi connectivity index (χ0v) is 11.9. The Morgan fingerprint density at radius 2 is 1.56 bits per heavy atom. The van der Waals surface area contributed by atoms with Gasteiger partial charge < -0.3 is 15.9 Å². The zero-order valence-electron chi connectivity index (χ0n) is 11.9. The van der Waals surface area contributed by atoms with Gasteiger partial charge in [-0.05, 0) is 12.8 Å². The zero-order chi connectivity index (χ0) is 13.6. The molecule has 0 aromatic heterocycles. The molecule has 0 aliphatic rings. The summed E-state index contributed by atoms with van der Waals surface area (Å²) in [4.78, 5) is 0. The molecule has 0 aliphatic heterocycles. The van der Waals surface area contributed by atoms with Gasteiger partial charge in [-0.25, -0.2) is 0 Å². The highest BCUT2D eigenvalue weighted by Crippen LogP contribution is 2.09. The van der Waals surface area contributed by atoms with Crippen molar-refractivity contribution in [3.63, 3.8) is 0 Å². The fourth-order valence-electron chi connectivity index (χ4n) is 1.88. The van der Waals surface area contributed by atoms with Crippen molar-refractivity contribution in [3.05, 3.63) is 12.2 Å². The molecule has 0 fully saturated rings. The van der Waals surface area contributed by atoms with E-state index in [0.717, 1.165) is 6.42 Å². The van der Waals surface area contributed by atoms with E-state index in [0.29, 0.717) is 0 Å². The Hall–Kier alpha value is -0.380. The summed E-state index contributed by atoms with van der Waals surface area (Å²) in [5.74, 6) is 0. The quantitative estimate of drug-likeness (QED) is 0.372. The van der Waals surface area contributed by atoms with Crippen LogP contribution in [0.5, 0.6) is 0 Å². The molecule has 18 heavy (non-hydrogen) atoms. The lowest BCUT2D eigenvalue weighted by atomic mass is 10.1. The maximum absolute atomic E-state index is 9.47. The van der Waals surface area contributed by atoms with E-state index < -0.39 is 12.1 Å². The summed E-state index contributed by atoms with van der Waals surface area (Å²) < 4.78 is 0. The molecule has 0 saturated heterocycles. The Labute approximate surface area is 112 Å². The highest BCUT2D eigenvalue weighted by Gasteiger charge is 2.08. The van der Waals surface area contributed by atoms with Gasteiger partial charge in [0.15, 0.2) is 0 Å². The molecule has 0 rings (SSSR count). The summed E-state index contributed by atoms with van der Waals surface area (Å²) in [6.07, 6.45) is 14.5. The van der Waals surface area contributed by atoms with Crippen LogP contribution in [0.2, 0.25) is 0 Å². The topological polar surface area (TPSA) is 66.5 Å². The van der Waals surface area contributed by atoms with E-state index in [1.54, 1.807) is 6.08 Å². The second-order valence-electron chi connectivity index (χ2n) is 5.03. The molecule has 0 aliphatic carbocycles. The Morgan fingerprint density at radius 1 is 1.00 bits per heavy atom. The van der Waals surface area contributed by atoms with Crippen molar-refractivity contribution in [1.82, 2.24) is 0 Å². The normalized spacial score (nSPS) is 15.1. The minimum absolute atomic E-state index is 0.177. The largest absolute Gasteiger partial charge is 0.395 e. The molecule has 0 unspecified atom stereocenters. The number of rotatable bonds is 12. The van der Waals surface area contributed by atoms with Gasteiger partial charge in [-0.1, -0.05) is 64.0 Å². The van der Waals surface area contributed by atoms with Crippen LogP contribution in [-0.4, -0.2) is 29.0 Å². The number of hydrogen-bond donors (Lipinski definition) is 3. The number of aliphatic hydroxyl groups excluding tert-OH is 2. The average Bonchev–Trinajstić information content (AvgIpc) is 2.39. The first-order chi connectivity index (χ1) is 8.72. The molecule has 3 heteroatoms. The van der Waals surface area contributed by atoms with Crippen LogP contribution in [0.3, 0.4) is 0 Å². The second-order valence-corrected chi connectivity index (χ2v) is 5.03. The fourth-order valence-corrected chi connectivity index (χ4v) is 1.88. The molecule has 0 aromatic carbocycles. The van der Waals surface area contributed by atoms with Crippen LogP contribution in [0, 0.1) is 0 Å². The number of nitrogens with two attached hydrogens (primary N) is 1. The number of aliphatic hydroxyl groups is 2. The number of hydrogen-bond acceptors (Lipinski definition) is 3. The maximum atomic E-state index is 9.47. The SMILES string of the molecule is CCCCCCCCCCC=C[C@@H](O)[C@@H](N)CO. The summed E-state index contributed by atoms with van der Waals surface area (Å²) >= 11 is 0. The van der Waals surface area contributed by atoms with E-state index in [4.69, 9.17) is 10.8 Å². The average molecular weight is 257 g/mol.